The highest BCUT2D eigenvalue weighted by Crippen LogP contribution is 2.30. The summed E-state index contributed by atoms with van der Waals surface area (Å²) in [5.41, 5.74) is -0.785. The molecule has 0 bridgehead atoms. The van der Waals surface area contributed by atoms with E-state index in [9.17, 15) is 14.0 Å². The molecule has 2 fully saturated rings. The molecular formula is C18H24FN3O2. The summed E-state index contributed by atoms with van der Waals surface area (Å²) in [7, 11) is 0. The summed E-state index contributed by atoms with van der Waals surface area (Å²) in [6, 6.07) is 9.45. The van der Waals surface area contributed by atoms with Gasteiger partial charge in [-0.05, 0) is 18.4 Å². The number of rotatable bonds is 3. The molecule has 0 unspecified atom stereocenters. The number of likely N-dealkylation sites (tertiary alicyclic amines) is 2. The van der Waals surface area contributed by atoms with Gasteiger partial charge in [0.05, 0.1) is 0 Å². The first-order valence-corrected chi connectivity index (χ1v) is 8.63. The first-order chi connectivity index (χ1) is 11.6. The van der Waals surface area contributed by atoms with E-state index in [0.29, 0.717) is 19.6 Å². The zero-order chi connectivity index (χ0) is 17.0. The van der Waals surface area contributed by atoms with Crippen molar-refractivity contribution in [2.45, 2.75) is 37.9 Å². The summed E-state index contributed by atoms with van der Waals surface area (Å²) < 4.78 is 15.0. The lowest BCUT2D eigenvalue weighted by atomic mass is 9.92. The predicted octanol–water partition coefficient (Wildman–Crippen LogP) is 2.32. The minimum atomic E-state index is -1.81. The summed E-state index contributed by atoms with van der Waals surface area (Å²) >= 11 is 0. The summed E-state index contributed by atoms with van der Waals surface area (Å²) in [6.07, 6.45) is 2.08. The number of carbonyl (C=O) groups excluding carboxylic acids is 2. The highest BCUT2D eigenvalue weighted by Gasteiger charge is 2.45. The van der Waals surface area contributed by atoms with Gasteiger partial charge in [0.1, 0.15) is 0 Å². The van der Waals surface area contributed by atoms with Gasteiger partial charge in [0.15, 0.2) is 5.67 Å². The molecule has 0 aliphatic carbocycles. The van der Waals surface area contributed by atoms with Crippen molar-refractivity contribution < 1.29 is 14.0 Å². The summed E-state index contributed by atoms with van der Waals surface area (Å²) in [6.45, 7) is 2.31. The van der Waals surface area contributed by atoms with Gasteiger partial charge < -0.3 is 15.1 Å². The van der Waals surface area contributed by atoms with Gasteiger partial charge in [-0.25, -0.2) is 9.18 Å². The Labute approximate surface area is 141 Å². The minimum Gasteiger partial charge on any atom is -0.340 e. The van der Waals surface area contributed by atoms with Crippen molar-refractivity contribution in [2.75, 3.05) is 26.2 Å². The van der Waals surface area contributed by atoms with Crippen LogP contribution in [0, 0.1) is 0 Å². The quantitative estimate of drug-likeness (QED) is 0.923. The smallest absolute Gasteiger partial charge is 0.317 e. The minimum absolute atomic E-state index is 0.0844. The number of carbonyl (C=O) groups is 2. The van der Waals surface area contributed by atoms with Crippen LogP contribution in [-0.2, 0) is 11.3 Å². The highest BCUT2D eigenvalue weighted by atomic mass is 19.1. The zero-order valence-corrected chi connectivity index (χ0v) is 13.8. The zero-order valence-electron chi connectivity index (χ0n) is 13.8. The average Bonchev–Trinajstić information content (AvgIpc) is 3.15. The molecule has 130 valence electrons. The fraction of sp³-hybridized carbons (Fsp3) is 0.556. The lowest BCUT2D eigenvalue weighted by Gasteiger charge is -2.37. The van der Waals surface area contributed by atoms with E-state index >= 15 is 0 Å². The first kappa shape index (κ1) is 16.7. The molecule has 1 aromatic rings. The van der Waals surface area contributed by atoms with Crippen LogP contribution in [0.3, 0.4) is 0 Å². The maximum atomic E-state index is 15.0. The summed E-state index contributed by atoms with van der Waals surface area (Å²) in [5.74, 6) is -0.385. The molecule has 0 atom stereocenters. The molecule has 1 aromatic carbocycles. The second-order valence-electron chi connectivity index (χ2n) is 6.60. The van der Waals surface area contributed by atoms with Gasteiger partial charge >= 0.3 is 6.03 Å². The van der Waals surface area contributed by atoms with E-state index < -0.39 is 5.67 Å². The van der Waals surface area contributed by atoms with Crippen LogP contribution in [0.4, 0.5) is 9.18 Å². The van der Waals surface area contributed by atoms with Crippen LogP contribution in [0.2, 0.25) is 0 Å². The molecule has 3 rings (SSSR count). The molecular weight excluding hydrogens is 309 g/mol. The largest absolute Gasteiger partial charge is 0.340 e. The first-order valence-electron chi connectivity index (χ1n) is 8.63. The van der Waals surface area contributed by atoms with E-state index in [0.717, 1.165) is 18.4 Å². The third-order valence-electron chi connectivity index (χ3n) is 4.91. The Hall–Kier alpha value is -2.11. The number of nitrogens with one attached hydrogen (secondary N) is 1. The van der Waals surface area contributed by atoms with Crippen LogP contribution < -0.4 is 5.32 Å². The lowest BCUT2D eigenvalue weighted by molar-refractivity contribution is -0.145. The molecule has 2 heterocycles. The number of halogens is 1. The standard InChI is InChI=1S/C18H24FN3O2/c19-18(16(23)21-10-4-5-11-21)8-12-22(13-9-18)17(24)20-14-15-6-2-1-3-7-15/h1-3,6-7H,4-5,8-14H2,(H,20,24). The van der Waals surface area contributed by atoms with E-state index in [1.165, 1.54) is 0 Å². The lowest BCUT2D eigenvalue weighted by Crippen LogP contribution is -2.54. The van der Waals surface area contributed by atoms with Gasteiger partial charge in [-0.2, -0.15) is 0 Å². The molecule has 0 aromatic heterocycles. The number of alkyl halides is 1. The van der Waals surface area contributed by atoms with Gasteiger partial charge in [-0.1, -0.05) is 30.3 Å². The molecule has 2 aliphatic heterocycles. The van der Waals surface area contributed by atoms with E-state index in [4.69, 9.17) is 0 Å². The highest BCUT2D eigenvalue weighted by molar-refractivity contribution is 5.86. The van der Waals surface area contributed by atoms with Crippen LogP contribution in [0.15, 0.2) is 30.3 Å². The Morgan fingerprint density at radius 2 is 1.62 bits per heavy atom. The molecule has 6 heteroatoms. The predicted molar refractivity (Wildman–Crippen MR) is 89.1 cm³/mol. The number of urea groups is 1. The van der Waals surface area contributed by atoms with Crippen molar-refractivity contribution in [1.82, 2.24) is 15.1 Å². The van der Waals surface area contributed by atoms with Crippen LogP contribution in [0.25, 0.3) is 0 Å². The normalized spacial score (nSPS) is 20.0. The van der Waals surface area contributed by atoms with Gasteiger partial charge in [0.2, 0.25) is 0 Å². The van der Waals surface area contributed by atoms with Crippen molar-refractivity contribution in [1.29, 1.82) is 0 Å². The molecule has 2 aliphatic rings. The third-order valence-corrected chi connectivity index (χ3v) is 4.91. The van der Waals surface area contributed by atoms with Crippen molar-refractivity contribution in [2.24, 2.45) is 0 Å². The second-order valence-corrected chi connectivity index (χ2v) is 6.60. The summed E-state index contributed by atoms with van der Waals surface area (Å²) in [4.78, 5) is 27.8. The van der Waals surface area contributed by atoms with E-state index in [1.807, 2.05) is 30.3 Å². The monoisotopic (exact) mass is 333 g/mol. The van der Waals surface area contributed by atoms with Gasteiger partial charge in [0.25, 0.3) is 5.91 Å². The van der Waals surface area contributed by atoms with E-state index in [1.54, 1.807) is 9.80 Å². The molecule has 0 radical (unpaired) electrons. The molecule has 24 heavy (non-hydrogen) atoms. The van der Waals surface area contributed by atoms with Gasteiger partial charge in [0, 0.05) is 45.6 Å². The Morgan fingerprint density at radius 3 is 2.25 bits per heavy atom. The molecule has 3 amide bonds. The number of piperidine rings is 1. The van der Waals surface area contributed by atoms with Crippen LogP contribution in [-0.4, -0.2) is 53.6 Å². The molecule has 0 saturated carbocycles. The topological polar surface area (TPSA) is 52.7 Å². The third kappa shape index (κ3) is 3.68. The molecule has 1 N–H and O–H groups in total. The Balaban J connectivity index is 1.49. The molecule has 0 spiro atoms. The number of benzene rings is 1. The van der Waals surface area contributed by atoms with Crippen molar-refractivity contribution in [3.8, 4) is 0 Å². The van der Waals surface area contributed by atoms with Gasteiger partial charge in [-0.15, -0.1) is 0 Å². The van der Waals surface area contributed by atoms with Crippen LogP contribution in [0.1, 0.15) is 31.2 Å². The molecule has 2 saturated heterocycles. The SMILES string of the molecule is O=C(NCc1ccccc1)N1CCC(F)(C(=O)N2CCCC2)CC1. The number of nitrogens with zero attached hydrogens (tertiary/aromatic N) is 2. The Kier molecular flexibility index (Phi) is 5.02. The fourth-order valence-corrected chi connectivity index (χ4v) is 3.37. The Morgan fingerprint density at radius 1 is 1.00 bits per heavy atom. The average molecular weight is 333 g/mol. The van der Waals surface area contributed by atoms with Crippen molar-refractivity contribution in [3.63, 3.8) is 0 Å². The van der Waals surface area contributed by atoms with E-state index in [2.05, 4.69) is 5.32 Å². The maximum Gasteiger partial charge on any atom is 0.317 e. The Bertz CT molecular complexity index is 579. The number of hydrogen-bond donors (Lipinski definition) is 1. The van der Waals surface area contributed by atoms with Gasteiger partial charge in [-0.3, -0.25) is 4.79 Å². The summed E-state index contributed by atoms with van der Waals surface area (Å²) in [5, 5.41) is 2.85. The number of hydrogen-bond acceptors (Lipinski definition) is 2. The maximum absolute atomic E-state index is 15.0. The van der Waals surface area contributed by atoms with Crippen molar-refractivity contribution in [3.05, 3.63) is 35.9 Å². The number of amides is 3. The van der Waals surface area contributed by atoms with E-state index in [-0.39, 0.29) is 37.9 Å². The second kappa shape index (κ2) is 7.20. The molecule has 5 nitrogen and oxygen atoms in total. The van der Waals surface area contributed by atoms with Crippen LogP contribution in [0.5, 0.6) is 0 Å². The van der Waals surface area contributed by atoms with Crippen molar-refractivity contribution >= 4 is 11.9 Å². The fourth-order valence-electron chi connectivity index (χ4n) is 3.37. The van der Waals surface area contributed by atoms with Crippen LogP contribution >= 0.6 is 0 Å².